The molecular weight excluding hydrogens is 248 g/mol. The van der Waals surface area contributed by atoms with Crippen molar-refractivity contribution >= 4 is 28.7 Å². The normalized spacial score (nSPS) is 13.2. The second-order valence-electron chi connectivity index (χ2n) is 6.47. The summed E-state index contributed by atoms with van der Waals surface area (Å²) in [6.45, 7) is 18.5. The SMILES string of the molecule is Cc1c(C)n([Si](C)(C)C)c(=S)n1[Si](C)(C)C. The Morgan fingerprint density at radius 2 is 1.00 bits per heavy atom. The van der Waals surface area contributed by atoms with Crippen molar-refractivity contribution in [2.75, 3.05) is 0 Å². The van der Waals surface area contributed by atoms with Crippen LogP contribution >= 0.6 is 12.2 Å². The van der Waals surface area contributed by atoms with E-state index in [0.29, 0.717) is 0 Å². The molecule has 92 valence electrons. The maximum Gasteiger partial charge on any atom is 0.163 e. The maximum atomic E-state index is 5.69. The molecule has 1 aromatic rings. The molecule has 1 aromatic heterocycles. The molecule has 0 unspecified atom stereocenters. The van der Waals surface area contributed by atoms with Crippen molar-refractivity contribution in [2.24, 2.45) is 0 Å². The van der Waals surface area contributed by atoms with Crippen LogP contribution in [0.1, 0.15) is 11.4 Å². The van der Waals surface area contributed by atoms with Crippen LogP contribution in [0.3, 0.4) is 0 Å². The Balaban J connectivity index is 3.67. The molecule has 0 N–H and O–H groups in total. The molecule has 0 radical (unpaired) electrons. The number of hydrogen-bond donors (Lipinski definition) is 0. The highest BCUT2D eigenvalue weighted by Gasteiger charge is 2.27. The molecule has 0 fully saturated rings. The zero-order valence-electron chi connectivity index (χ0n) is 11.8. The Hall–Kier alpha value is -0.136. The summed E-state index contributed by atoms with van der Waals surface area (Å²) in [5.41, 5.74) is 2.73. The van der Waals surface area contributed by atoms with E-state index < -0.39 is 16.5 Å². The molecule has 0 aromatic carbocycles. The van der Waals surface area contributed by atoms with Crippen molar-refractivity contribution in [3.63, 3.8) is 0 Å². The molecule has 0 aliphatic rings. The lowest BCUT2D eigenvalue weighted by molar-refractivity contribution is 1.00. The van der Waals surface area contributed by atoms with E-state index in [1.807, 2.05) is 0 Å². The van der Waals surface area contributed by atoms with Gasteiger partial charge in [-0.05, 0) is 26.1 Å². The monoisotopic (exact) mass is 272 g/mol. The van der Waals surface area contributed by atoms with Crippen LogP contribution in [0.25, 0.3) is 0 Å². The molecule has 1 heterocycles. The largest absolute Gasteiger partial charge is 0.350 e. The van der Waals surface area contributed by atoms with Crippen molar-refractivity contribution in [3.8, 4) is 0 Å². The second-order valence-corrected chi connectivity index (χ2v) is 16.4. The van der Waals surface area contributed by atoms with E-state index in [2.05, 4.69) is 61.6 Å². The van der Waals surface area contributed by atoms with Crippen LogP contribution in [0.5, 0.6) is 0 Å². The van der Waals surface area contributed by atoms with Gasteiger partial charge in [-0.1, -0.05) is 39.3 Å². The van der Waals surface area contributed by atoms with Gasteiger partial charge in [0.15, 0.2) is 21.2 Å². The van der Waals surface area contributed by atoms with Gasteiger partial charge in [0.1, 0.15) is 0 Å². The van der Waals surface area contributed by atoms with Gasteiger partial charge < -0.3 is 8.47 Å². The van der Waals surface area contributed by atoms with E-state index in [1.165, 1.54) is 11.4 Å². The van der Waals surface area contributed by atoms with Crippen LogP contribution in [-0.4, -0.2) is 24.9 Å². The molecular formula is C11H24N2SSi2. The van der Waals surface area contributed by atoms with E-state index >= 15 is 0 Å². The van der Waals surface area contributed by atoms with Crippen molar-refractivity contribution in [2.45, 2.75) is 53.1 Å². The van der Waals surface area contributed by atoms with Gasteiger partial charge in [0.05, 0.1) is 0 Å². The van der Waals surface area contributed by atoms with Crippen molar-refractivity contribution in [3.05, 3.63) is 16.2 Å². The molecule has 0 amide bonds. The minimum Gasteiger partial charge on any atom is -0.350 e. The number of nitrogens with zero attached hydrogens (tertiary/aromatic N) is 2. The van der Waals surface area contributed by atoms with Gasteiger partial charge in [0, 0.05) is 11.4 Å². The summed E-state index contributed by atoms with van der Waals surface area (Å²) in [4.78, 5) is 0. The summed E-state index contributed by atoms with van der Waals surface area (Å²) < 4.78 is 5.90. The summed E-state index contributed by atoms with van der Waals surface area (Å²) >= 11 is 5.69. The third-order valence-corrected chi connectivity index (χ3v) is 7.39. The molecule has 0 saturated carbocycles. The summed E-state index contributed by atoms with van der Waals surface area (Å²) in [5.74, 6) is 0. The minimum atomic E-state index is -1.40. The number of imidazole rings is 1. The Morgan fingerprint density at radius 3 is 1.12 bits per heavy atom. The fourth-order valence-corrected chi connectivity index (χ4v) is 7.99. The molecule has 0 atom stereocenters. The van der Waals surface area contributed by atoms with E-state index in [0.717, 1.165) is 4.77 Å². The lowest BCUT2D eigenvalue weighted by Crippen LogP contribution is -2.36. The number of rotatable bonds is 2. The zero-order chi connectivity index (χ0) is 12.9. The third kappa shape index (κ3) is 2.26. The summed E-state index contributed by atoms with van der Waals surface area (Å²) in [5, 5.41) is 0. The summed E-state index contributed by atoms with van der Waals surface area (Å²) in [7, 11) is -2.80. The van der Waals surface area contributed by atoms with Crippen LogP contribution in [-0.2, 0) is 0 Å². The van der Waals surface area contributed by atoms with Gasteiger partial charge in [-0.25, -0.2) is 0 Å². The molecule has 0 saturated heterocycles. The highest BCUT2D eigenvalue weighted by atomic mass is 32.1. The first-order chi connectivity index (χ1) is 6.98. The summed E-state index contributed by atoms with van der Waals surface area (Å²) in [6, 6.07) is 0. The van der Waals surface area contributed by atoms with E-state index in [4.69, 9.17) is 12.2 Å². The molecule has 5 heteroatoms. The van der Waals surface area contributed by atoms with Crippen molar-refractivity contribution in [1.82, 2.24) is 8.47 Å². The first-order valence-electron chi connectivity index (χ1n) is 5.80. The predicted molar refractivity (Wildman–Crippen MR) is 80.2 cm³/mol. The van der Waals surface area contributed by atoms with Crippen LogP contribution in [0.4, 0.5) is 0 Å². The molecule has 16 heavy (non-hydrogen) atoms. The topological polar surface area (TPSA) is 9.86 Å². The van der Waals surface area contributed by atoms with E-state index in [1.54, 1.807) is 0 Å². The lowest BCUT2D eigenvalue weighted by atomic mass is 10.4. The fraction of sp³-hybridized carbons (Fsp3) is 0.727. The van der Waals surface area contributed by atoms with Crippen molar-refractivity contribution < 1.29 is 0 Å². The highest BCUT2D eigenvalue weighted by Crippen LogP contribution is 2.21. The van der Waals surface area contributed by atoms with Crippen molar-refractivity contribution in [1.29, 1.82) is 0 Å². The molecule has 0 spiro atoms. The Labute approximate surface area is 106 Å². The van der Waals surface area contributed by atoms with Crippen LogP contribution < -0.4 is 0 Å². The van der Waals surface area contributed by atoms with E-state index in [9.17, 15) is 0 Å². The Kier molecular flexibility index (Phi) is 3.45. The number of hydrogen-bond acceptors (Lipinski definition) is 1. The average Bonchev–Trinajstić information content (AvgIpc) is 2.19. The van der Waals surface area contributed by atoms with Gasteiger partial charge in [-0.15, -0.1) is 0 Å². The van der Waals surface area contributed by atoms with Gasteiger partial charge in [0.2, 0.25) is 0 Å². The fourth-order valence-electron chi connectivity index (χ4n) is 2.29. The van der Waals surface area contributed by atoms with Crippen LogP contribution in [0.2, 0.25) is 39.3 Å². The maximum absolute atomic E-state index is 5.69. The second kappa shape index (κ2) is 3.96. The molecule has 0 aliphatic carbocycles. The Morgan fingerprint density at radius 1 is 0.750 bits per heavy atom. The Bertz CT molecular complexity index is 418. The number of aromatic nitrogens is 2. The standard InChI is InChI=1S/C11H24N2SSi2/c1-9-10(2)13(16(6,7)8)11(14)12(9)15(3,4)5/h1-8H3. The van der Waals surface area contributed by atoms with Gasteiger partial charge >= 0.3 is 0 Å². The highest BCUT2D eigenvalue weighted by molar-refractivity contribution is 7.71. The third-order valence-electron chi connectivity index (χ3n) is 2.92. The molecule has 0 bridgehead atoms. The quantitative estimate of drug-likeness (QED) is 0.584. The van der Waals surface area contributed by atoms with Gasteiger partial charge in [-0.3, -0.25) is 0 Å². The zero-order valence-corrected chi connectivity index (χ0v) is 14.6. The van der Waals surface area contributed by atoms with Crippen LogP contribution in [0, 0.1) is 18.6 Å². The predicted octanol–water partition coefficient (Wildman–Crippen LogP) is 4.00. The average molecular weight is 273 g/mol. The van der Waals surface area contributed by atoms with Gasteiger partial charge in [0.25, 0.3) is 0 Å². The first kappa shape index (κ1) is 13.9. The molecule has 0 aliphatic heterocycles. The van der Waals surface area contributed by atoms with Gasteiger partial charge in [-0.2, -0.15) is 0 Å². The lowest BCUT2D eigenvalue weighted by Gasteiger charge is -2.22. The van der Waals surface area contributed by atoms with Crippen LogP contribution in [0.15, 0.2) is 0 Å². The minimum absolute atomic E-state index is 1.05. The first-order valence-corrected chi connectivity index (χ1v) is 13.1. The molecule has 1 rings (SSSR count). The molecule has 2 nitrogen and oxygen atoms in total. The van der Waals surface area contributed by atoms with E-state index in [-0.39, 0.29) is 0 Å². The summed E-state index contributed by atoms with van der Waals surface area (Å²) in [6.07, 6.45) is 0. The smallest absolute Gasteiger partial charge is 0.163 e.